The van der Waals surface area contributed by atoms with Gasteiger partial charge < -0.3 is 0 Å². The minimum Gasteiger partial charge on any atom is -0.207 e. The quantitative estimate of drug-likeness (QED) is 0.0672. The Kier molecular flexibility index (Phi) is 15.2. The zero-order valence-electron chi connectivity index (χ0n) is 30.3. The van der Waals surface area contributed by atoms with Crippen molar-refractivity contribution in [2.45, 2.75) is 130 Å². The van der Waals surface area contributed by atoms with Gasteiger partial charge in [-0.15, -0.1) is 22.7 Å². The summed E-state index contributed by atoms with van der Waals surface area (Å²) >= 11 is 3.73. The lowest BCUT2D eigenvalue weighted by molar-refractivity contribution is 0.529. The Balaban J connectivity index is 1.19. The second-order valence-electron chi connectivity index (χ2n) is 14.1. The summed E-state index contributed by atoms with van der Waals surface area (Å²) in [5.41, 5.74) is 8.03. The number of thiophene rings is 2. The molecule has 0 unspecified atom stereocenters. The zero-order chi connectivity index (χ0) is 34.3. The molecule has 0 amide bonds. The van der Waals surface area contributed by atoms with Gasteiger partial charge in [-0.25, -0.2) is 4.39 Å². The maximum atomic E-state index is 14.6. The summed E-state index contributed by atoms with van der Waals surface area (Å²) in [5, 5.41) is 0. The molecule has 3 aromatic carbocycles. The van der Waals surface area contributed by atoms with E-state index in [1.807, 2.05) is 23.5 Å². The first kappa shape index (κ1) is 37.3. The number of halogens is 1. The first-order chi connectivity index (χ1) is 24.0. The topological polar surface area (TPSA) is 0 Å². The van der Waals surface area contributed by atoms with Crippen LogP contribution in [-0.2, 0) is 6.42 Å². The van der Waals surface area contributed by atoms with Crippen LogP contribution in [0, 0.1) is 19.7 Å². The molecule has 0 saturated heterocycles. The Labute approximate surface area is 304 Å². The summed E-state index contributed by atoms with van der Waals surface area (Å²) in [4.78, 5) is 5.24. The Hall–Kier alpha value is -3.01. The highest BCUT2D eigenvalue weighted by Gasteiger charge is 2.19. The lowest BCUT2D eigenvalue weighted by Crippen LogP contribution is -1.92. The van der Waals surface area contributed by atoms with E-state index in [0.717, 1.165) is 17.5 Å². The zero-order valence-corrected chi connectivity index (χ0v) is 31.9. The normalized spacial score (nSPS) is 11.4. The van der Waals surface area contributed by atoms with E-state index < -0.39 is 0 Å². The minimum atomic E-state index is -0.203. The van der Waals surface area contributed by atoms with E-state index in [1.54, 1.807) is 17.4 Å². The summed E-state index contributed by atoms with van der Waals surface area (Å²) in [5.74, 6) is -0.203. The molecule has 2 aromatic heterocycles. The highest BCUT2D eigenvalue weighted by atomic mass is 32.1. The van der Waals surface area contributed by atoms with Gasteiger partial charge in [0.1, 0.15) is 5.82 Å². The van der Waals surface area contributed by atoms with Crippen molar-refractivity contribution in [3.05, 3.63) is 106 Å². The van der Waals surface area contributed by atoms with Crippen LogP contribution in [-0.4, -0.2) is 0 Å². The van der Waals surface area contributed by atoms with Crippen LogP contribution in [0.4, 0.5) is 4.39 Å². The molecule has 0 spiro atoms. The molecule has 0 atom stereocenters. The summed E-state index contributed by atoms with van der Waals surface area (Å²) in [6.07, 6.45) is 23.6. The predicted molar refractivity (Wildman–Crippen MR) is 217 cm³/mol. The summed E-state index contributed by atoms with van der Waals surface area (Å²) in [7, 11) is 0. The highest BCUT2D eigenvalue weighted by Crippen LogP contribution is 2.46. The Morgan fingerprint density at radius 1 is 0.490 bits per heavy atom. The SMILES string of the molecule is CCCCCCCCCCCCCCCCCCc1ccc(-c2cc(-c3cccc(C)c3)c(-c3ccc(C)s3)c(-c3cccc(F)c3)c2)s1. The fourth-order valence-electron chi connectivity index (χ4n) is 7.06. The average Bonchev–Trinajstić information content (AvgIpc) is 3.76. The summed E-state index contributed by atoms with van der Waals surface area (Å²) < 4.78 is 14.6. The molecule has 0 N–H and O–H groups in total. The van der Waals surface area contributed by atoms with Crippen molar-refractivity contribution < 1.29 is 4.39 Å². The van der Waals surface area contributed by atoms with Gasteiger partial charge in [0.15, 0.2) is 0 Å². The van der Waals surface area contributed by atoms with Crippen LogP contribution in [0.2, 0.25) is 0 Å². The molecule has 0 radical (unpaired) electrons. The van der Waals surface area contributed by atoms with E-state index in [2.05, 4.69) is 81.4 Å². The summed E-state index contributed by atoms with van der Waals surface area (Å²) in [6, 6.07) is 29.6. The first-order valence-corrected chi connectivity index (χ1v) is 20.8. The fourth-order valence-corrected chi connectivity index (χ4v) is 9.04. The number of unbranched alkanes of at least 4 members (excludes halogenated alkanes) is 15. The van der Waals surface area contributed by atoms with Crippen LogP contribution in [0.3, 0.4) is 0 Å². The van der Waals surface area contributed by atoms with Crippen molar-refractivity contribution in [2.24, 2.45) is 0 Å². The maximum absolute atomic E-state index is 14.6. The monoisotopic (exact) mass is 692 g/mol. The largest absolute Gasteiger partial charge is 0.207 e. The molecule has 0 aliphatic heterocycles. The van der Waals surface area contributed by atoms with Crippen LogP contribution < -0.4 is 0 Å². The lowest BCUT2D eigenvalue weighted by atomic mass is 9.88. The van der Waals surface area contributed by atoms with Crippen molar-refractivity contribution in [3.63, 3.8) is 0 Å². The summed E-state index contributed by atoms with van der Waals surface area (Å²) in [6.45, 7) is 6.60. The van der Waals surface area contributed by atoms with Crippen molar-refractivity contribution in [1.82, 2.24) is 0 Å². The molecular formula is C46H57FS2. The van der Waals surface area contributed by atoms with Gasteiger partial charge >= 0.3 is 0 Å². The van der Waals surface area contributed by atoms with Crippen LogP contribution in [0.15, 0.2) is 84.9 Å². The van der Waals surface area contributed by atoms with E-state index in [-0.39, 0.29) is 5.82 Å². The molecule has 0 aliphatic carbocycles. The van der Waals surface area contributed by atoms with Gasteiger partial charge in [-0.1, -0.05) is 145 Å². The Morgan fingerprint density at radius 3 is 1.59 bits per heavy atom. The molecule has 260 valence electrons. The van der Waals surface area contributed by atoms with Gasteiger partial charge in [0, 0.05) is 25.1 Å². The third-order valence-corrected chi connectivity index (χ3v) is 12.0. The van der Waals surface area contributed by atoms with Gasteiger partial charge in [0.25, 0.3) is 0 Å². The van der Waals surface area contributed by atoms with Gasteiger partial charge in [-0.05, 0) is 103 Å². The van der Waals surface area contributed by atoms with Gasteiger partial charge in [0.05, 0.1) is 0 Å². The molecule has 0 nitrogen and oxygen atoms in total. The molecule has 5 rings (SSSR count). The van der Waals surface area contributed by atoms with E-state index in [0.29, 0.717) is 0 Å². The van der Waals surface area contributed by atoms with Crippen LogP contribution in [0.5, 0.6) is 0 Å². The number of aryl methyl sites for hydroxylation is 3. The Morgan fingerprint density at radius 2 is 1.04 bits per heavy atom. The lowest BCUT2D eigenvalue weighted by Gasteiger charge is -2.18. The molecule has 0 saturated carbocycles. The smallest absolute Gasteiger partial charge is 0.123 e. The van der Waals surface area contributed by atoms with E-state index in [9.17, 15) is 4.39 Å². The minimum absolute atomic E-state index is 0.203. The Bertz CT molecular complexity index is 1640. The second kappa shape index (κ2) is 20.0. The maximum Gasteiger partial charge on any atom is 0.123 e. The van der Waals surface area contributed by atoms with Crippen molar-refractivity contribution >= 4 is 22.7 Å². The predicted octanol–water partition coefficient (Wildman–Crippen LogP) is 16.0. The number of rotatable bonds is 21. The third kappa shape index (κ3) is 11.5. The van der Waals surface area contributed by atoms with Crippen LogP contribution >= 0.6 is 22.7 Å². The van der Waals surface area contributed by atoms with E-state index in [4.69, 9.17) is 0 Å². The van der Waals surface area contributed by atoms with Gasteiger partial charge in [-0.3, -0.25) is 0 Å². The van der Waals surface area contributed by atoms with Crippen molar-refractivity contribution in [2.75, 3.05) is 0 Å². The average molecular weight is 693 g/mol. The first-order valence-electron chi connectivity index (χ1n) is 19.2. The van der Waals surface area contributed by atoms with Crippen LogP contribution in [0.25, 0.3) is 43.1 Å². The molecule has 0 aliphatic rings. The van der Waals surface area contributed by atoms with Gasteiger partial charge in [0.2, 0.25) is 0 Å². The van der Waals surface area contributed by atoms with Crippen LogP contribution in [0.1, 0.15) is 125 Å². The highest BCUT2D eigenvalue weighted by molar-refractivity contribution is 7.16. The van der Waals surface area contributed by atoms with Gasteiger partial charge in [-0.2, -0.15) is 0 Å². The standard InChI is InChI=1S/C46H57FS2/c1-4-5-6-7-8-9-10-11-12-13-14-15-16-17-18-19-26-41-28-30-44(49-41)39-33-42(37-23-20-22-35(2)31-37)46(45-29-27-36(3)48-45)43(34-39)38-24-21-25-40(47)32-38/h20-25,27-34H,4-19,26H2,1-3H3. The fraction of sp³-hybridized carbons (Fsp3) is 0.435. The second-order valence-corrected chi connectivity index (χ2v) is 16.5. The number of hydrogen-bond acceptors (Lipinski definition) is 2. The molecule has 3 heteroatoms. The third-order valence-electron chi connectivity index (χ3n) is 9.81. The molecule has 49 heavy (non-hydrogen) atoms. The molecule has 0 bridgehead atoms. The van der Waals surface area contributed by atoms with E-state index >= 15 is 0 Å². The molecular weight excluding hydrogens is 636 g/mol. The molecule has 5 aromatic rings. The number of benzene rings is 3. The molecule has 0 fully saturated rings. The van der Waals surface area contributed by atoms with Crippen molar-refractivity contribution in [3.8, 4) is 43.1 Å². The van der Waals surface area contributed by atoms with E-state index in [1.165, 1.54) is 156 Å². The van der Waals surface area contributed by atoms with Crippen molar-refractivity contribution in [1.29, 1.82) is 0 Å². The molecule has 2 heterocycles. The number of hydrogen-bond donors (Lipinski definition) is 0.